The van der Waals surface area contributed by atoms with Gasteiger partial charge in [0.25, 0.3) is 11.5 Å². The van der Waals surface area contributed by atoms with E-state index in [1.54, 1.807) is 44.2 Å². The number of nitrogens with zero attached hydrogens (tertiary/aromatic N) is 2. The highest BCUT2D eigenvalue weighted by molar-refractivity contribution is 9.10. The molecule has 0 bridgehead atoms. The normalized spacial score (nSPS) is 19.6. The van der Waals surface area contributed by atoms with E-state index in [9.17, 15) is 38.7 Å². The largest absolute Gasteiger partial charge is 0.513 e. The van der Waals surface area contributed by atoms with Gasteiger partial charge < -0.3 is 34.5 Å². The van der Waals surface area contributed by atoms with Crippen LogP contribution in [0.3, 0.4) is 0 Å². The number of ether oxygens (including phenoxy) is 2. The number of hydrogen-bond acceptors (Lipinski definition) is 11. The zero-order chi connectivity index (χ0) is 36.1. The van der Waals surface area contributed by atoms with Crippen molar-refractivity contribution in [1.82, 2.24) is 20.1 Å². The van der Waals surface area contributed by atoms with Gasteiger partial charge in [-0.15, -0.1) is 11.8 Å². The number of fused-ring (bicyclic) bond motifs is 2. The summed E-state index contributed by atoms with van der Waals surface area (Å²) in [5.74, 6) is -4.54. The van der Waals surface area contributed by atoms with Crippen molar-refractivity contribution >= 4 is 68.5 Å². The summed E-state index contributed by atoms with van der Waals surface area (Å²) in [6.45, 7) is 3.43. The number of β-lactam (4-membered cyclic amide) rings is 1. The fourth-order valence-corrected chi connectivity index (χ4v) is 7.99. The minimum Gasteiger partial charge on any atom is -0.480 e. The van der Waals surface area contributed by atoms with Crippen LogP contribution in [0.1, 0.15) is 35.8 Å². The maximum atomic E-state index is 13.7. The number of methoxy groups -OCH3 is 1. The van der Waals surface area contributed by atoms with Crippen LogP contribution < -0.4 is 26.7 Å². The van der Waals surface area contributed by atoms with E-state index in [2.05, 4.69) is 31.3 Å². The molecule has 258 valence electrons. The highest BCUT2D eigenvalue weighted by Gasteiger charge is 2.64. The van der Waals surface area contributed by atoms with Gasteiger partial charge in [0, 0.05) is 14.8 Å². The molecule has 3 heterocycles. The quantitative estimate of drug-likeness (QED) is 0.135. The number of hydrogen-bond donors (Lipinski definition) is 3. The second kappa shape index (κ2) is 13.1. The van der Waals surface area contributed by atoms with Crippen molar-refractivity contribution < 1.29 is 43.0 Å². The SMILES string of the molecule is COC(=O)Oc1cc(Br)cc2c(=O)n(-c3cccc(C(=O)N[C@@H](C(=O)N[C@@H]4C(=O)N5[C@@H]4SC(C)(C)[C@@H]5C(=O)O)c4ccccc4)c3)c(=O)oc12. The summed E-state index contributed by atoms with van der Waals surface area (Å²) in [5.41, 5.74) is -0.827. The molecular formula is C33H27BrN4O11S. The first-order chi connectivity index (χ1) is 23.7. The molecule has 0 unspecified atom stereocenters. The Morgan fingerprint density at radius 2 is 1.74 bits per heavy atom. The summed E-state index contributed by atoms with van der Waals surface area (Å²) < 4.78 is 15.1. The van der Waals surface area contributed by atoms with Gasteiger partial charge in [-0.1, -0.05) is 52.3 Å². The minimum atomic E-state index is -1.29. The topological polar surface area (TPSA) is 204 Å². The predicted molar refractivity (Wildman–Crippen MR) is 181 cm³/mol. The average molecular weight is 768 g/mol. The number of rotatable bonds is 8. The Balaban J connectivity index is 1.28. The summed E-state index contributed by atoms with van der Waals surface area (Å²) in [4.78, 5) is 92.0. The second-order valence-electron chi connectivity index (χ2n) is 11.8. The van der Waals surface area contributed by atoms with E-state index in [1.807, 2.05) is 0 Å². The summed E-state index contributed by atoms with van der Waals surface area (Å²) in [6, 6.07) is 13.0. The lowest BCUT2D eigenvalue weighted by molar-refractivity contribution is -0.161. The van der Waals surface area contributed by atoms with Crippen molar-refractivity contribution in [1.29, 1.82) is 0 Å². The van der Waals surface area contributed by atoms with Crippen molar-refractivity contribution in [2.75, 3.05) is 7.11 Å². The van der Waals surface area contributed by atoms with Gasteiger partial charge in [-0.3, -0.25) is 19.2 Å². The van der Waals surface area contributed by atoms with Crippen LogP contribution >= 0.6 is 27.7 Å². The number of aliphatic carboxylic acids is 1. The summed E-state index contributed by atoms with van der Waals surface area (Å²) in [6.07, 6.45) is -1.10. The van der Waals surface area contributed by atoms with Gasteiger partial charge >= 0.3 is 17.9 Å². The van der Waals surface area contributed by atoms with E-state index in [1.165, 1.54) is 53.1 Å². The molecule has 1 aromatic heterocycles. The van der Waals surface area contributed by atoms with Gasteiger partial charge in [0.15, 0.2) is 11.3 Å². The Kier molecular flexibility index (Phi) is 9.04. The van der Waals surface area contributed by atoms with Crippen LogP contribution in [0.15, 0.2) is 85.2 Å². The molecule has 0 radical (unpaired) electrons. The predicted octanol–water partition coefficient (Wildman–Crippen LogP) is 2.95. The van der Waals surface area contributed by atoms with E-state index in [-0.39, 0.29) is 28.0 Å². The molecule has 50 heavy (non-hydrogen) atoms. The van der Waals surface area contributed by atoms with Crippen LogP contribution in [0.2, 0.25) is 0 Å². The van der Waals surface area contributed by atoms with Crippen LogP contribution in [0.25, 0.3) is 16.7 Å². The Labute approximate surface area is 294 Å². The third-order valence-corrected chi connectivity index (χ3v) is 10.2. The fourth-order valence-electron chi connectivity index (χ4n) is 5.93. The van der Waals surface area contributed by atoms with Crippen LogP contribution in [0.5, 0.6) is 5.75 Å². The number of benzene rings is 3. The molecule has 17 heteroatoms. The molecule has 15 nitrogen and oxygen atoms in total. The van der Waals surface area contributed by atoms with E-state index in [0.29, 0.717) is 14.6 Å². The van der Waals surface area contributed by atoms with Crippen LogP contribution in [-0.4, -0.2) is 73.7 Å². The molecule has 6 rings (SSSR count). The highest BCUT2D eigenvalue weighted by Crippen LogP contribution is 2.50. The number of carboxylic acid groups (broad SMARTS) is 1. The number of halogens is 1. The fraction of sp³-hybridized carbons (Fsp3) is 0.242. The standard InChI is InChI=1S/C33H27BrN4O11S/c1-33(2)24(30(43)44)38-28(42)22(29(38)50-33)36-26(40)21(15-8-5-4-6-9-15)35-25(39)16-10-7-11-18(12-16)37-27(41)19-13-17(34)14-20(48-32(46)47-3)23(19)49-31(37)45/h4-14,21-22,24,29H,1-3H3,(H,35,39)(H,36,40)(H,43,44)/t21-,22-,24+,29-/m1/s1. The lowest BCUT2D eigenvalue weighted by Crippen LogP contribution is -2.71. The Morgan fingerprint density at radius 1 is 1.02 bits per heavy atom. The summed E-state index contributed by atoms with van der Waals surface area (Å²) in [5, 5.41) is 14.3. The molecule has 2 aliphatic rings. The summed E-state index contributed by atoms with van der Waals surface area (Å²) >= 11 is 4.50. The van der Waals surface area contributed by atoms with E-state index < -0.39 is 69.4 Å². The first-order valence-corrected chi connectivity index (χ1v) is 16.5. The maximum absolute atomic E-state index is 13.7. The van der Waals surface area contributed by atoms with Crippen molar-refractivity contribution in [3.05, 3.63) is 103 Å². The van der Waals surface area contributed by atoms with E-state index in [0.717, 1.165) is 7.11 Å². The highest BCUT2D eigenvalue weighted by atomic mass is 79.9. The van der Waals surface area contributed by atoms with Gasteiger partial charge in [0.1, 0.15) is 23.5 Å². The zero-order valence-electron chi connectivity index (χ0n) is 26.4. The van der Waals surface area contributed by atoms with Gasteiger partial charge in [0.2, 0.25) is 11.8 Å². The molecule has 3 aromatic carbocycles. The van der Waals surface area contributed by atoms with Gasteiger partial charge in [-0.25, -0.2) is 19.0 Å². The van der Waals surface area contributed by atoms with Crippen LogP contribution in [0, 0.1) is 0 Å². The summed E-state index contributed by atoms with van der Waals surface area (Å²) in [7, 11) is 1.08. The molecule has 3 N–H and O–H groups in total. The van der Waals surface area contributed by atoms with Gasteiger partial charge in [-0.05, 0) is 49.7 Å². The minimum absolute atomic E-state index is 0.0325. The molecule has 3 amide bonds. The molecule has 0 spiro atoms. The third-order valence-electron chi connectivity index (χ3n) is 8.19. The maximum Gasteiger partial charge on any atom is 0.513 e. The number of nitrogens with one attached hydrogen (secondary N) is 2. The van der Waals surface area contributed by atoms with Crippen molar-refractivity contribution in [3.8, 4) is 11.4 Å². The van der Waals surface area contributed by atoms with E-state index >= 15 is 0 Å². The smallest absolute Gasteiger partial charge is 0.480 e. The number of carbonyl (C=O) groups is 5. The number of carboxylic acids is 1. The van der Waals surface area contributed by atoms with Gasteiger partial charge in [0.05, 0.1) is 18.2 Å². The monoisotopic (exact) mass is 766 g/mol. The lowest BCUT2D eigenvalue weighted by atomic mass is 9.95. The molecule has 4 atom stereocenters. The lowest BCUT2D eigenvalue weighted by Gasteiger charge is -2.44. The van der Waals surface area contributed by atoms with Gasteiger partial charge in [-0.2, -0.15) is 0 Å². The molecule has 4 aromatic rings. The molecule has 0 saturated carbocycles. The second-order valence-corrected chi connectivity index (χ2v) is 14.5. The van der Waals surface area contributed by atoms with Crippen molar-refractivity contribution in [2.24, 2.45) is 0 Å². The molecular weight excluding hydrogens is 740 g/mol. The average Bonchev–Trinajstić information content (AvgIpc) is 3.34. The Hall–Kier alpha value is -5.42. The van der Waals surface area contributed by atoms with Crippen molar-refractivity contribution in [2.45, 2.75) is 42.1 Å². The Morgan fingerprint density at radius 3 is 2.42 bits per heavy atom. The molecule has 2 aliphatic heterocycles. The first kappa shape index (κ1) is 34.4. The molecule has 0 aliphatic carbocycles. The zero-order valence-corrected chi connectivity index (χ0v) is 28.8. The third kappa shape index (κ3) is 6.13. The van der Waals surface area contributed by atoms with Crippen molar-refractivity contribution in [3.63, 3.8) is 0 Å². The number of aromatic nitrogens is 1. The van der Waals surface area contributed by atoms with E-state index in [4.69, 9.17) is 9.15 Å². The number of carbonyl (C=O) groups excluding carboxylic acids is 4. The Bertz CT molecular complexity index is 2200. The number of amides is 3. The number of thioether (sulfide) groups is 1. The van der Waals surface area contributed by atoms with Crippen LogP contribution in [0.4, 0.5) is 4.79 Å². The van der Waals surface area contributed by atoms with Crippen LogP contribution in [-0.2, 0) is 19.1 Å². The molecule has 2 fully saturated rings. The molecule has 2 saturated heterocycles. The first-order valence-electron chi connectivity index (χ1n) is 14.9.